The van der Waals surface area contributed by atoms with Gasteiger partial charge in [-0.3, -0.25) is 4.90 Å². The number of rotatable bonds is 3. The Morgan fingerprint density at radius 1 is 1.39 bits per heavy atom. The number of nitrogens with two attached hydrogens (primary N) is 1. The molecule has 0 unspecified atom stereocenters. The van der Waals surface area contributed by atoms with E-state index in [0.29, 0.717) is 5.75 Å². The van der Waals surface area contributed by atoms with E-state index in [1.807, 2.05) is 19.9 Å². The van der Waals surface area contributed by atoms with Gasteiger partial charge in [-0.1, -0.05) is 0 Å². The van der Waals surface area contributed by atoms with Crippen LogP contribution >= 0.6 is 0 Å². The molecule has 3 nitrogen and oxygen atoms in total. The smallest absolute Gasteiger partial charge is 0.165 e. The lowest BCUT2D eigenvalue weighted by atomic mass is 9.97. The summed E-state index contributed by atoms with van der Waals surface area (Å²) < 4.78 is 18.7. The van der Waals surface area contributed by atoms with Gasteiger partial charge in [0.1, 0.15) is 0 Å². The normalized spacial score (nSPS) is 16.5. The average molecular weight is 252 g/mol. The van der Waals surface area contributed by atoms with Gasteiger partial charge in [0.05, 0.1) is 7.11 Å². The van der Waals surface area contributed by atoms with Crippen molar-refractivity contribution in [3.8, 4) is 5.75 Å². The molecule has 0 spiro atoms. The molecule has 1 aromatic rings. The fourth-order valence-corrected chi connectivity index (χ4v) is 2.48. The SMILES string of the molecule is COc1cc2c(cc1F)CN(CC(C)(C)N)CC2. The molecule has 0 fully saturated rings. The van der Waals surface area contributed by atoms with Gasteiger partial charge in [0, 0.05) is 25.2 Å². The van der Waals surface area contributed by atoms with Crippen molar-refractivity contribution in [3.05, 3.63) is 29.1 Å². The molecular formula is C14H21FN2O. The summed E-state index contributed by atoms with van der Waals surface area (Å²) in [5, 5.41) is 0. The van der Waals surface area contributed by atoms with E-state index in [1.54, 1.807) is 6.07 Å². The second-order valence-electron chi connectivity index (χ2n) is 5.70. The number of benzene rings is 1. The molecule has 1 aromatic carbocycles. The fraction of sp³-hybridized carbons (Fsp3) is 0.571. The van der Waals surface area contributed by atoms with Gasteiger partial charge in [0.25, 0.3) is 0 Å². The molecule has 0 bridgehead atoms. The highest BCUT2D eigenvalue weighted by atomic mass is 19.1. The minimum Gasteiger partial charge on any atom is -0.494 e. The van der Waals surface area contributed by atoms with Crippen molar-refractivity contribution in [3.63, 3.8) is 0 Å². The molecule has 100 valence electrons. The van der Waals surface area contributed by atoms with Crippen molar-refractivity contribution in [1.82, 2.24) is 4.90 Å². The van der Waals surface area contributed by atoms with E-state index < -0.39 is 0 Å². The summed E-state index contributed by atoms with van der Waals surface area (Å²) in [5.41, 5.74) is 8.03. The van der Waals surface area contributed by atoms with Crippen molar-refractivity contribution in [2.45, 2.75) is 32.4 Å². The van der Waals surface area contributed by atoms with E-state index in [9.17, 15) is 4.39 Å². The summed E-state index contributed by atoms with van der Waals surface area (Å²) in [6.07, 6.45) is 0.919. The first-order valence-electron chi connectivity index (χ1n) is 6.25. The Balaban J connectivity index is 2.17. The van der Waals surface area contributed by atoms with Crippen LogP contribution in [0.5, 0.6) is 5.75 Å². The van der Waals surface area contributed by atoms with E-state index in [0.717, 1.165) is 31.6 Å². The first kappa shape index (κ1) is 13.3. The zero-order valence-corrected chi connectivity index (χ0v) is 11.3. The number of nitrogens with zero attached hydrogens (tertiary/aromatic N) is 1. The van der Waals surface area contributed by atoms with Gasteiger partial charge < -0.3 is 10.5 Å². The van der Waals surface area contributed by atoms with Crippen molar-refractivity contribution < 1.29 is 9.13 Å². The highest BCUT2D eigenvalue weighted by molar-refractivity contribution is 5.38. The highest BCUT2D eigenvalue weighted by Crippen LogP contribution is 2.27. The van der Waals surface area contributed by atoms with E-state index in [1.165, 1.54) is 12.7 Å². The number of hydrogen-bond acceptors (Lipinski definition) is 3. The third kappa shape index (κ3) is 3.00. The monoisotopic (exact) mass is 252 g/mol. The molecule has 0 radical (unpaired) electrons. The summed E-state index contributed by atoms with van der Waals surface area (Å²) in [6.45, 7) is 6.56. The molecule has 0 aromatic heterocycles. The van der Waals surface area contributed by atoms with E-state index in [4.69, 9.17) is 10.5 Å². The van der Waals surface area contributed by atoms with Crippen LogP contribution in [-0.4, -0.2) is 30.6 Å². The molecule has 2 rings (SSSR count). The molecule has 2 N–H and O–H groups in total. The third-order valence-corrected chi connectivity index (χ3v) is 3.20. The average Bonchev–Trinajstić information content (AvgIpc) is 2.25. The zero-order chi connectivity index (χ0) is 13.3. The first-order chi connectivity index (χ1) is 8.39. The lowest BCUT2D eigenvalue weighted by molar-refractivity contribution is 0.208. The van der Waals surface area contributed by atoms with Gasteiger partial charge in [-0.05, 0) is 43.5 Å². The fourth-order valence-electron chi connectivity index (χ4n) is 2.48. The predicted octanol–water partition coefficient (Wildman–Crippen LogP) is 1.93. The van der Waals surface area contributed by atoms with Gasteiger partial charge in [-0.15, -0.1) is 0 Å². The van der Waals surface area contributed by atoms with Gasteiger partial charge in [0.2, 0.25) is 0 Å². The second kappa shape index (κ2) is 4.86. The maximum Gasteiger partial charge on any atom is 0.165 e. The standard InChI is InChI=1S/C14H21FN2O/c1-14(2,16)9-17-5-4-10-7-13(18-3)12(15)6-11(10)8-17/h6-7H,4-5,8-9,16H2,1-3H3. The maximum absolute atomic E-state index is 13.7. The molecule has 1 aliphatic rings. The van der Waals surface area contributed by atoms with Crippen LogP contribution in [0, 0.1) is 5.82 Å². The summed E-state index contributed by atoms with van der Waals surface area (Å²) in [7, 11) is 1.50. The molecule has 0 amide bonds. The van der Waals surface area contributed by atoms with E-state index >= 15 is 0 Å². The highest BCUT2D eigenvalue weighted by Gasteiger charge is 2.22. The Labute approximate surface area is 108 Å². The largest absolute Gasteiger partial charge is 0.494 e. The Bertz CT molecular complexity index is 440. The Kier molecular flexibility index (Phi) is 3.59. The topological polar surface area (TPSA) is 38.5 Å². The summed E-state index contributed by atoms with van der Waals surface area (Å²) >= 11 is 0. The molecule has 4 heteroatoms. The molecule has 0 atom stereocenters. The predicted molar refractivity (Wildman–Crippen MR) is 70.2 cm³/mol. The van der Waals surface area contributed by atoms with Crippen molar-refractivity contribution in [2.24, 2.45) is 5.73 Å². The van der Waals surface area contributed by atoms with Crippen LogP contribution in [0.3, 0.4) is 0 Å². The molecule has 18 heavy (non-hydrogen) atoms. The molecule has 0 saturated heterocycles. The Morgan fingerprint density at radius 3 is 2.72 bits per heavy atom. The quantitative estimate of drug-likeness (QED) is 0.893. The van der Waals surface area contributed by atoms with Crippen molar-refractivity contribution in [2.75, 3.05) is 20.2 Å². The number of hydrogen-bond donors (Lipinski definition) is 1. The van der Waals surface area contributed by atoms with Gasteiger partial charge in [0.15, 0.2) is 11.6 Å². The summed E-state index contributed by atoms with van der Waals surface area (Å²) in [4.78, 5) is 2.27. The Morgan fingerprint density at radius 2 is 2.11 bits per heavy atom. The molecular weight excluding hydrogens is 231 g/mol. The van der Waals surface area contributed by atoms with Crippen LogP contribution in [0.2, 0.25) is 0 Å². The second-order valence-corrected chi connectivity index (χ2v) is 5.70. The number of methoxy groups -OCH3 is 1. The van der Waals surface area contributed by atoms with Crippen LogP contribution in [0.15, 0.2) is 12.1 Å². The van der Waals surface area contributed by atoms with E-state index in [2.05, 4.69) is 4.90 Å². The Hall–Kier alpha value is -1.13. The first-order valence-corrected chi connectivity index (χ1v) is 6.25. The van der Waals surface area contributed by atoms with E-state index in [-0.39, 0.29) is 11.4 Å². The number of ether oxygens (including phenoxy) is 1. The number of fused-ring (bicyclic) bond motifs is 1. The minimum absolute atomic E-state index is 0.220. The maximum atomic E-state index is 13.7. The lowest BCUT2D eigenvalue weighted by Gasteiger charge is -2.33. The molecule has 0 aliphatic carbocycles. The van der Waals surface area contributed by atoms with Crippen molar-refractivity contribution >= 4 is 0 Å². The molecule has 1 aliphatic heterocycles. The zero-order valence-electron chi connectivity index (χ0n) is 11.3. The summed E-state index contributed by atoms with van der Waals surface area (Å²) in [5.74, 6) is 0.0477. The lowest BCUT2D eigenvalue weighted by Crippen LogP contribution is -2.46. The molecule has 0 saturated carbocycles. The number of halogens is 1. The van der Waals surface area contributed by atoms with Crippen LogP contribution in [0.25, 0.3) is 0 Å². The van der Waals surface area contributed by atoms with Crippen LogP contribution in [0.4, 0.5) is 4.39 Å². The van der Waals surface area contributed by atoms with Gasteiger partial charge >= 0.3 is 0 Å². The third-order valence-electron chi connectivity index (χ3n) is 3.20. The van der Waals surface area contributed by atoms with Crippen LogP contribution < -0.4 is 10.5 Å². The minimum atomic E-state index is -0.287. The van der Waals surface area contributed by atoms with Gasteiger partial charge in [-0.25, -0.2) is 4.39 Å². The van der Waals surface area contributed by atoms with Crippen LogP contribution in [-0.2, 0) is 13.0 Å². The van der Waals surface area contributed by atoms with Gasteiger partial charge in [-0.2, -0.15) is 0 Å². The summed E-state index contributed by atoms with van der Waals surface area (Å²) in [6, 6.07) is 3.40. The van der Waals surface area contributed by atoms with Crippen LogP contribution in [0.1, 0.15) is 25.0 Å². The van der Waals surface area contributed by atoms with Crippen molar-refractivity contribution in [1.29, 1.82) is 0 Å². The molecule has 1 heterocycles.